The second kappa shape index (κ2) is 25.7. The second-order valence-electron chi connectivity index (χ2n) is 18.1. The highest BCUT2D eigenvalue weighted by molar-refractivity contribution is 8.77. The van der Waals surface area contributed by atoms with Gasteiger partial charge in [-0.1, -0.05) is 0 Å². The van der Waals surface area contributed by atoms with Gasteiger partial charge in [0.25, 0.3) is 0 Å². The van der Waals surface area contributed by atoms with Gasteiger partial charge < -0.3 is 102 Å². The Kier molecular flexibility index (Phi) is 20.0. The number of nitrogens with zero attached hydrogens (tertiary/aromatic N) is 12. The standard InChI is InChI=1S/C35H49N15O27P4S4/c36-24-15-27(42-6-39-24)48(9-45-15)30-21(56)18(53)12(72-30)1-69-75-79(63,64)82-33(59)34(4-51,5-52)35(83-78(60,61)62,84-80(65,66)76-70-2-13-19(54)22(57)31(73-13)49-10-46-16-25(37)40-7-43-28(16)49)85-81(67,68)77-71-3-14-20(55)23(58)32(74-14)50-11-47-17-26(38)41-8-44-29(17)50/h6-14,18-23,30-33,51-59H,1-5H2,(H,63,64)(H,65,66)(H,67,68)(H2,36,39,42)(H2,37,40,43)(H2,38,41,44)(H2,60,61,62)/t12-,13-,14-,18-,19-,20-,21-,22-,23-,30-,31-,32-,33?/m1/s1. The van der Waals surface area contributed by atoms with Crippen LogP contribution in [0.4, 0.5) is 17.5 Å². The predicted molar refractivity (Wildman–Crippen MR) is 285 cm³/mol. The number of imidazole rings is 3. The Balaban J connectivity index is 0.942. The summed E-state index contributed by atoms with van der Waals surface area (Å²) in [4.78, 5) is 105. The fourth-order valence-electron chi connectivity index (χ4n) is 8.56. The molecule has 0 amide bonds. The lowest BCUT2D eigenvalue weighted by atomic mass is 9.93. The van der Waals surface area contributed by atoms with Gasteiger partial charge in [0.2, 0.25) is 0 Å². The SMILES string of the molecule is Nc1ncnc2c1ncn2[C@@H]1O[C@H](COOP(=O)(O)SC(O)C(CO)(CO)C(SP(=O)(O)O)(SP(=O)(O)OOC[C@H]2O[C@@H](n3cnc4c(N)ncnc43)[C@H](O)[C@@H]2O)SP(=O)(O)OOC[C@H]2O[C@@H](n3cnc4c(N)ncnc43)[C@H](O)[C@@H]2O)[C@@H](O)[C@H]1O. The molecule has 0 saturated carbocycles. The lowest BCUT2D eigenvalue weighted by molar-refractivity contribution is -0.236. The van der Waals surface area contributed by atoms with Crippen molar-refractivity contribution in [3.05, 3.63) is 38.0 Å². The number of nitrogen functional groups attached to an aromatic ring is 3. The van der Waals surface area contributed by atoms with E-state index in [2.05, 4.69) is 49.5 Å². The number of anilines is 3. The first kappa shape index (κ1) is 65.9. The van der Waals surface area contributed by atoms with Crippen LogP contribution in [0.5, 0.6) is 0 Å². The summed E-state index contributed by atoms with van der Waals surface area (Å²) in [6.07, 6.45) is -13.8. The first-order valence-electron chi connectivity index (χ1n) is 23.5. The smallest absolute Gasteiger partial charge is 0.395 e. The Morgan fingerprint density at radius 2 is 0.824 bits per heavy atom. The maximum Gasteiger partial charge on any atom is 0.415 e. The van der Waals surface area contributed by atoms with E-state index in [0.717, 1.165) is 51.7 Å². The van der Waals surface area contributed by atoms with Gasteiger partial charge in [0, 0.05) is 0 Å². The molecule has 6 aromatic heterocycles. The largest absolute Gasteiger partial charge is 0.415 e. The van der Waals surface area contributed by atoms with Crippen molar-refractivity contribution in [3.63, 3.8) is 0 Å². The van der Waals surface area contributed by atoms with Crippen molar-refractivity contribution < 1.29 is 132 Å². The highest BCUT2D eigenvalue weighted by Crippen LogP contribution is 2.84. The average Bonchev–Trinajstić information content (AvgIpc) is 1.82. The summed E-state index contributed by atoms with van der Waals surface area (Å²) >= 11 is -3.43. The van der Waals surface area contributed by atoms with Crippen molar-refractivity contribution in [2.45, 2.75) is 82.5 Å². The lowest BCUT2D eigenvalue weighted by Gasteiger charge is -2.48. The molecule has 42 nitrogen and oxygen atoms in total. The molecule has 50 heteroatoms. The Labute approximate surface area is 487 Å². The molecule has 0 aliphatic carbocycles. The van der Waals surface area contributed by atoms with Crippen molar-refractivity contribution in [2.75, 3.05) is 50.2 Å². The van der Waals surface area contributed by atoms with Crippen LogP contribution in [0.2, 0.25) is 0 Å². The summed E-state index contributed by atoms with van der Waals surface area (Å²) < 4.78 is 86.1. The Morgan fingerprint density at radius 1 is 0.506 bits per heavy atom. The minimum atomic E-state index is -6.07. The van der Waals surface area contributed by atoms with Gasteiger partial charge >= 0.3 is 27.2 Å². The van der Waals surface area contributed by atoms with Crippen LogP contribution in [-0.4, -0.2) is 226 Å². The minimum absolute atomic E-state index is 0.0216. The highest BCUT2D eigenvalue weighted by atomic mass is 32.8. The van der Waals surface area contributed by atoms with E-state index in [4.69, 9.17) is 55.4 Å². The normalized spacial score (nSPS) is 29.1. The molecule has 3 aliphatic heterocycles. The van der Waals surface area contributed by atoms with Gasteiger partial charge in [0.1, 0.15) is 116 Å². The van der Waals surface area contributed by atoms with E-state index < -0.39 is 194 Å². The third-order valence-electron chi connectivity index (χ3n) is 12.7. The quantitative estimate of drug-likeness (QED) is 0.0102. The summed E-state index contributed by atoms with van der Waals surface area (Å²) in [5.74, 6) is -0.190. The predicted octanol–water partition coefficient (Wildman–Crippen LogP) is -3.78. The van der Waals surface area contributed by atoms with E-state index in [1.54, 1.807) is 0 Å². The van der Waals surface area contributed by atoms with Crippen molar-refractivity contribution >= 4 is 124 Å². The Bertz CT molecular complexity index is 3430. The van der Waals surface area contributed by atoms with Crippen LogP contribution < -0.4 is 17.2 Å². The monoisotopic (exact) mass is 1360 g/mol. The number of hydrogen-bond donors (Lipinski definition) is 17. The lowest BCUT2D eigenvalue weighted by Crippen LogP contribution is -2.53. The first-order valence-corrected chi connectivity index (χ1v) is 35.6. The van der Waals surface area contributed by atoms with Crippen LogP contribution in [0.15, 0.2) is 38.0 Å². The van der Waals surface area contributed by atoms with E-state index in [-0.39, 0.29) is 50.9 Å². The number of aliphatic hydroxyl groups excluding tert-OH is 9. The van der Waals surface area contributed by atoms with E-state index in [1.165, 1.54) is 0 Å². The van der Waals surface area contributed by atoms with Crippen LogP contribution >= 0.6 is 72.7 Å². The summed E-state index contributed by atoms with van der Waals surface area (Å²) in [7, 11) is 0. The van der Waals surface area contributed by atoms with Crippen LogP contribution in [0, 0.1) is 5.41 Å². The molecule has 6 aromatic rings. The molecule has 20 N–H and O–H groups in total. The topological polar surface area (TPSA) is 643 Å². The van der Waals surface area contributed by atoms with Gasteiger partial charge in [-0.2, -0.15) is 0 Å². The molecule has 3 saturated heterocycles. The number of aromatic nitrogens is 12. The fourth-order valence-corrected chi connectivity index (χ4v) is 28.0. The van der Waals surface area contributed by atoms with Gasteiger partial charge in [-0.15, -0.1) is 14.0 Å². The Morgan fingerprint density at radius 3 is 1.13 bits per heavy atom. The van der Waals surface area contributed by atoms with Gasteiger partial charge in [0.05, 0.1) is 37.6 Å². The number of ether oxygens (including phenoxy) is 3. The molecular formula is C35H49N15O27P4S4. The molecule has 0 radical (unpaired) electrons. The molecule has 3 aliphatic rings. The molecule has 16 atom stereocenters. The molecule has 0 bridgehead atoms. The number of nitrogens with two attached hydrogens (primary N) is 3. The second-order valence-corrected chi connectivity index (χ2v) is 34.0. The zero-order valence-electron chi connectivity index (χ0n) is 42.1. The number of aliphatic hydroxyl groups is 9. The van der Waals surface area contributed by atoms with Gasteiger partial charge in [-0.3, -0.25) is 13.7 Å². The van der Waals surface area contributed by atoms with E-state index in [1.807, 2.05) is 0 Å². The van der Waals surface area contributed by atoms with Crippen molar-refractivity contribution in [1.29, 1.82) is 0 Å². The maximum absolute atomic E-state index is 14.2. The number of fused-ring (bicyclic) bond motifs is 3. The van der Waals surface area contributed by atoms with E-state index in [0.29, 0.717) is 0 Å². The third-order valence-corrected chi connectivity index (χ3v) is 27.4. The van der Waals surface area contributed by atoms with E-state index >= 15 is 0 Å². The third kappa shape index (κ3) is 13.7. The van der Waals surface area contributed by atoms with Crippen molar-refractivity contribution in [3.8, 4) is 0 Å². The summed E-state index contributed by atoms with van der Waals surface area (Å²) in [6.45, 7) is -31.0. The summed E-state index contributed by atoms with van der Waals surface area (Å²) in [5, 5.41) is 99.3. The minimum Gasteiger partial charge on any atom is -0.395 e. The van der Waals surface area contributed by atoms with Crippen molar-refractivity contribution in [2.24, 2.45) is 5.41 Å². The van der Waals surface area contributed by atoms with E-state index in [9.17, 15) is 88.7 Å². The fraction of sp³-hybridized carbons (Fsp3) is 0.571. The maximum atomic E-state index is 14.2. The van der Waals surface area contributed by atoms with Crippen LogP contribution in [0.3, 0.4) is 0 Å². The molecule has 0 aromatic carbocycles. The molecule has 9 heterocycles. The number of hydrogen-bond acceptors (Lipinski definition) is 38. The van der Waals surface area contributed by atoms with Gasteiger partial charge in [-0.25, -0.2) is 77.8 Å². The number of rotatable bonds is 27. The highest BCUT2D eigenvalue weighted by Gasteiger charge is 2.67. The first-order chi connectivity index (χ1) is 40.0. The van der Waals surface area contributed by atoms with Crippen LogP contribution in [0.25, 0.3) is 33.5 Å². The van der Waals surface area contributed by atoms with Crippen molar-refractivity contribution in [1.82, 2.24) is 58.6 Å². The average molecular weight is 1360 g/mol. The molecule has 85 heavy (non-hydrogen) atoms. The zero-order chi connectivity index (χ0) is 61.8. The van der Waals surface area contributed by atoms with Gasteiger partial charge in [0.15, 0.2) is 56.5 Å². The Hall–Kier alpha value is -3.55. The summed E-state index contributed by atoms with van der Waals surface area (Å²) in [6, 6.07) is 0. The zero-order valence-corrected chi connectivity index (χ0v) is 48.9. The molecule has 0 spiro atoms. The molecule has 470 valence electrons. The van der Waals surface area contributed by atoms with Crippen LogP contribution in [-0.2, 0) is 61.2 Å². The molecular weight excluding hydrogens is 1310 g/mol. The molecule has 3 fully saturated rings. The summed E-state index contributed by atoms with van der Waals surface area (Å²) in [5.41, 5.74) is 11.2. The van der Waals surface area contributed by atoms with Crippen LogP contribution in [0.1, 0.15) is 18.7 Å². The molecule has 9 rings (SSSR count). The molecule has 4 unspecified atom stereocenters. The van der Waals surface area contributed by atoms with Gasteiger partial charge in [-0.05, 0) is 45.5 Å².